The van der Waals surface area contributed by atoms with E-state index in [-0.39, 0.29) is 5.75 Å². The van der Waals surface area contributed by atoms with Gasteiger partial charge in [-0.3, -0.25) is 0 Å². The summed E-state index contributed by atoms with van der Waals surface area (Å²) in [6, 6.07) is 9.10. The molecule has 3 heterocycles. The molecule has 6 heteroatoms. The number of hydrogen-bond acceptors (Lipinski definition) is 4. The maximum atomic E-state index is 9.95. The van der Waals surface area contributed by atoms with E-state index in [2.05, 4.69) is 36.4 Å². The molecule has 106 valence electrons. The Kier molecular flexibility index (Phi) is 2.94. The van der Waals surface area contributed by atoms with Crippen LogP contribution in [0.25, 0.3) is 22.3 Å². The maximum Gasteiger partial charge on any atom is 0.161 e. The highest BCUT2D eigenvalue weighted by atomic mass is 79.9. The zero-order chi connectivity index (χ0) is 14.4. The fraction of sp³-hybridized carbons (Fsp3) is 0.200. The minimum absolute atomic E-state index is 0.209. The fourth-order valence-electron chi connectivity index (χ4n) is 2.57. The number of nitrogens with one attached hydrogen (secondary N) is 2. The Bertz CT molecular complexity index is 826. The monoisotopic (exact) mass is 344 g/mol. The van der Waals surface area contributed by atoms with Crippen LogP contribution >= 0.6 is 15.9 Å². The summed E-state index contributed by atoms with van der Waals surface area (Å²) in [6.07, 6.45) is 0. The summed E-state index contributed by atoms with van der Waals surface area (Å²) in [5.74, 6) is 0.698. The zero-order valence-corrected chi connectivity index (χ0v) is 12.7. The van der Waals surface area contributed by atoms with Gasteiger partial charge in [0.05, 0.1) is 5.69 Å². The summed E-state index contributed by atoms with van der Waals surface area (Å²) in [7, 11) is 0. The van der Waals surface area contributed by atoms with Gasteiger partial charge < -0.3 is 15.4 Å². The molecule has 1 aliphatic heterocycles. The molecule has 3 N–H and O–H groups in total. The number of H-pyrrole nitrogens is 1. The molecule has 5 nitrogen and oxygen atoms in total. The second kappa shape index (κ2) is 4.82. The van der Waals surface area contributed by atoms with E-state index in [0.29, 0.717) is 17.2 Å². The molecule has 1 fully saturated rings. The zero-order valence-electron chi connectivity index (χ0n) is 11.1. The number of nitrogens with zero attached hydrogens (tertiary/aromatic N) is 2. The minimum Gasteiger partial charge on any atom is -0.507 e. The molecule has 2 aromatic heterocycles. The van der Waals surface area contributed by atoms with Crippen molar-refractivity contribution < 1.29 is 5.11 Å². The Hall–Kier alpha value is -1.92. The van der Waals surface area contributed by atoms with Gasteiger partial charge in [0.25, 0.3) is 0 Å². The molecule has 1 aliphatic rings. The summed E-state index contributed by atoms with van der Waals surface area (Å²) in [5, 5.41) is 22.7. The molecule has 0 saturated carbocycles. The molecule has 0 unspecified atom stereocenters. The van der Waals surface area contributed by atoms with E-state index in [4.69, 9.17) is 0 Å². The van der Waals surface area contributed by atoms with E-state index in [0.717, 1.165) is 34.3 Å². The molecule has 1 saturated heterocycles. The van der Waals surface area contributed by atoms with Gasteiger partial charge >= 0.3 is 0 Å². The molecule has 0 radical (unpaired) electrons. The maximum absolute atomic E-state index is 9.95. The van der Waals surface area contributed by atoms with Gasteiger partial charge in [-0.15, -0.1) is 10.2 Å². The molecule has 21 heavy (non-hydrogen) atoms. The van der Waals surface area contributed by atoms with Crippen LogP contribution in [-0.4, -0.2) is 33.4 Å². The van der Waals surface area contributed by atoms with E-state index in [9.17, 15) is 5.11 Å². The lowest BCUT2D eigenvalue weighted by Gasteiger charge is -2.26. The van der Waals surface area contributed by atoms with Crippen molar-refractivity contribution >= 4 is 27.0 Å². The van der Waals surface area contributed by atoms with Gasteiger partial charge in [0.1, 0.15) is 5.75 Å². The first-order chi connectivity index (χ1) is 10.2. The van der Waals surface area contributed by atoms with Gasteiger partial charge in [-0.1, -0.05) is 12.1 Å². The number of aromatic amines is 1. The van der Waals surface area contributed by atoms with Crippen LogP contribution < -0.4 is 5.32 Å². The van der Waals surface area contributed by atoms with Crippen LogP contribution in [0.1, 0.15) is 11.6 Å². The van der Waals surface area contributed by atoms with Crippen molar-refractivity contribution in [2.24, 2.45) is 0 Å². The Balaban J connectivity index is 1.86. The van der Waals surface area contributed by atoms with Crippen LogP contribution in [0, 0.1) is 0 Å². The first-order valence-corrected chi connectivity index (χ1v) is 7.57. The summed E-state index contributed by atoms with van der Waals surface area (Å²) in [6.45, 7) is 1.95. The van der Waals surface area contributed by atoms with Gasteiger partial charge in [-0.2, -0.15) is 0 Å². The van der Waals surface area contributed by atoms with Gasteiger partial charge in [-0.25, -0.2) is 0 Å². The molecule has 4 rings (SSSR count). The molecular formula is C15H13BrN4O. The van der Waals surface area contributed by atoms with E-state index < -0.39 is 0 Å². The Morgan fingerprint density at radius 2 is 2.00 bits per heavy atom. The number of aromatic nitrogens is 3. The average Bonchev–Trinajstić information content (AvgIpc) is 2.75. The van der Waals surface area contributed by atoms with Crippen molar-refractivity contribution in [3.05, 3.63) is 40.5 Å². The highest BCUT2D eigenvalue weighted by Crippen LogP contribution is 2.35. The highest BCUT2D eigenvalue weighted by molar-refractivity contribution is 9.10. The van der Waals surface area contributed by atoms with Crippen LogP contribution in [0.15, 0.2) is 34.8 Å². The lowest BCUT2D eigenvalue weighted by atomic mass is 9.99. The predicted molar refractivity (Wildman–Crippen MR) is 84.3 cm³/mol. The first kappa shape index (κ1) is 12.8. The normalized spacial score (nSPS) is 15.3. The van der Waals surface area contributed by atoms with Crippen molar-refractivity contribution in [2.45, 2.75) is 5.92 Å². The quantitative estimate of drug-likeness (QED) is 0.668. The number of fused-ring (bicyclic) bond motifs is 1. The molecule has 0 spiro atoms. The summed E-state index contributed by atoms with van der Waals surface area (Å²) in [5.41, 5.74) is 3.28. The molecule has 0 bridgehead atoms. The largest absolute Gasteiger partial charge is 0.507 e. The van der Waals surface area contributed by atoms with Gasteiger partial charge in [0, 0.05) is 40.1 Å². The topological polar surface area (TPSA) is 73.8 Å². The molecule has 1 aromatic carbocycles. The first-order valence-electron chi connectivity index (χ1n) is 6.78. The molecule has 0 aliphatic carbocycles. The van der Waals surface area contributed by atoms with E-state index >= 15 is 0 Å². The summed E-state index contributed by atoms with van der Waals surface area (Å²) in [4.78, 5) is 3.34. The number of phenolic OH excluding ortho intramolecular Hbond substituents is 1. The Morgan fingerprint density at radius 1 is 1.19 bits per heavy atom. The lowest BCUT2D eigenvalue weighted by molar-refractivity contribution is 0.440. The van der Waals surface area contributed by atoms with Crippen molar-refractivity contribution in [1.82, 2.24) is 20.5 Å². The summed E-state index contributed by atoms with van der Waals surface area (Å²) < 4.78 is 1.04. The smallest absolute Gasteiger partial charge is 0.161 e. The van der Waals surface area contributed by atoms with Crippen LogP contribution in [-0.2, 0) is 0 Å². The van der Waals surface area contributed by atoms with Crippen LogP contribution in [0.3, 0.4) is 0 Å². The van der Waals surface area contributed by atoms with E-state index in [1.54, 1.807) is 12.1 Å². The Labute approximate surface area is 129 Å². The fourth-order valence-corrected chi connectivity index (χ4v) is 3.30. The highest BCUT2D eigenvalue weighted by Gasteiger charge is 2.25. The standard InChI is InChI=1S/C15H13BrN4O/c16-13-10-5-11(9-3-1-2-4-12(9)21)19-20-15(10)18-14(13)8-6-17-7-8/h1-5,8,17,21H,6-7H2,(H,18,20). The van der Waals surface area contributed by atoms with Crippen molar-refractivity contribution in [3.8, 4) is 17.0 Å². The lowest BCUT2D eigenvalue weighted by Crippen LogP contribution is -2.40. The van der Waals surface area contributed by atoms with Crippen LogP contribution in [0.2, 0.25) is 0 Å². The third kappa shape index (κ3) is 2.02. The molecule has 0 atom stereocenters. The predicted octanol–water partition coefficient (Wildman–Crippen LogP) is 2.78. The second-order valence-corrected chi connectivity index (χ2v) is 6.01. The minimum atomic E-state index is 0.209. The van der Waals surface area contributed by atoms with Gasteiger partial charge in [-0.05, 0) is 34.1 Å². The Morgan fingerprint density at radius 3 is 2.71 bits per heavy atom. The molecule has 3 aromatic rings. The SMILES string of the molecule is Oc1ccccc1-c1cc2c(Br)c(C3CNC3)[nH]c2nn1. The number of rotatable bonds is 2. The van der Waals surface area contributed by atoms with Crippen LogP contribution in [0.5, 0.6) is 5.75 Å². The van der Waals surface area contributed by atoms with E-state index in [1.165, 1.54) is 0 Å². The third-order valence-electron chi connectivity index (χ3n) is 3.89. The van der Waals surface area contributed by atoms with E-state index in [1.807, 2.05) is 18.2 Å². The number of benzene rings is 1. The molecular weight excluding hydrogens is 332 g/mol. The van der Waals surface area contributed by atoms with Crippen LogP contribution in [0.4, 0.5) is 0 Å². The van der Waals surface area contributed by atoms with Crippen molar-refractivity contribution in [1.29, 1.82) is 0 Å². The third-order valence-corrected chi connectivity index (χ3v) is 4.74. The number of halogens is 1. The number of hydrogen-bond donors (Lipinski definition) is 3. The van der Waals surface area contributed by atoms with Gasteiger partial charge in [0.2, 0.25) is 0 Å². The molecule has 0 amide bonds. The number of aromatic hydroxyl groups is 1. The summed E-state index contributed by atoms with van der Waals surface area (Å²) >= 11 is 3.66. The second-order valence-electron chi connectivity index (χ2n) is 5.22. The number of para-hydroxylation sites is 1. The van der Waals surface area contributed by atoms with Crippen molar-refractivity contribution in [3.63, 3.8) is 0 Å². The number of phenols is 1. The van der Waals surface area contributed by atoms with Crippen molar-refractivity contribution in [2.75, 3.05) is 13.1 Å². The van der Waals surface area contributed by atoms with Gasteiger partial charge in [0.15, 0.2) is 5.65 Å². The average molecular weight is 345 g/mol.